The highest BCUT2D eigenvalue weighted by molar-refractivity contribution is 4.77. The van der Waals surface area contributed by atoms with E-state index in [-0.39, 0.29) is 6.61 Å². The average molecular weight is 211 g/mol. The van der Waals surface area contributed by atoms with Crippen molar-refractivity contribution in [3.63, 3.8) is 0 Å². The molecule has 0 aromatic heterocycles. The lowest BCUT2D eigenvalue weighted by Crippen LogP contribution is -2.36. The SMILES string of the molecule is COC[C@H](O)CN(CCC#N)CCC#N. The van der Waals surface area contributed by atoms with E-state index in [9.17, 15) is 5.11 Å². The molecule has 0 aromatic rings. The summed E-state index contributed by atoms with van der Waals surface area (Å²) in [6, 6.07) is 4.08. The zero-order chi connectivity index (χ0) is 11.5. The van der Waals surface area contributed by atoms with Gasteiger partial charge in [-0.05, 0) is 0 Å². The first-order valence-electron chi connectivity index (χ1n) is 4.87. The van der Waals surface area contributed by atoms with Crippen molar-refractivity contribution in [3.8, 4) is 12.1 Å². The van der Waals surface area contributed by atoms with Crippen LogP contribution >= 0.6 is 0 Å². The van der Waals surface area contributed by atoms with Crippen LogP contribution in [0.15, 0.2) is 0 Å². The van der Waals surface area contributed by atoms with Gasteiger partial charge in [0.05, 0.1) is 24.8 Å². The molecule has 15 heavy (non-hydrogen) atoms. The maximum Gasteiger partial charge on any atom is 0.0900 e. The second-order valence-corrected chi connectivity index (χ2v) is 3.23. The summed E-state index contributed by atoms with van der Waals surface area (Å²) in [5.41, 5.74) is 0. The van der Waals surface area contributed by atoms with Crippen LogP contribution in [0.25, 0.3) is 0 Å². The van der Waals surface area contributed by atoms with Gasteiger partial charge in [0.25, 0.3) is 0 Å². The highest BCUT2D eigenvalue weighted by Gasteiger charge is 2.10. The molecule has 1 N–H and O–H groups in total. The number of ether oxygens (including phenoxy) is 1. The quantitative estimate of drug-likeness (QED) is 0.617. The van der Waals surface area contributed by atoms with Gasteiger partial charge in [-0.25, -0.2) is 0 Å². The summed E-state index contributed by atoms with van der Waals surface area (Å²) in [6.45, 7) is 1.88. The Hall–Kier alpha value is -1.14. The third kappa shape index (κ3) is 7.90. The number of aliphatic hydroxyl groups excluding tert-OH is 1. The molecule has 0 saturated carbocycles. The molecule has 0 aliphatic heterocycles. The van der Waals surface area contributed by atoms with E-state index in [1.54, 1.807) is 0 Å². The molecule has 0 saturated heterocycles. The Morgan fingerprint density at radius 2 is 1.80 bits per heavy atom. The summed E-state index contributed by atoms with van der Waals surface area (Å²) in [4.78, 5) is 1.90. The molecule has 0 aromatic carbocycles. The van der Waals surface area contributed by atoms with Crippen LogP contribution < -0.4 is 0 Å². The standard InChI is InChI=1S/C10H17N3O2/c1-15-9-10(14)8-13(6-2-4-11)7-3-5-12/h10,14H,2-3,6-9H2,1H3/t10-/m1/s1. The van der Waals surface area contributed by atoms with E-state index in [4.69, 9.17) is 15.3 Å². The normalized spacial score (nSPS) is 12.1. The minimum absolute atomic E-state index is 0.273. The Morgan fingerprint density at radius 1 is 1.27 bits per heavy atom. The van der Waals surface area contributed by atoms with E-state index in [0.717, 1.165) is 0 Å². The molecular weight excluding hydrogens is 194 g/mol. The Balaban J connectivity index is 3.89. The fraction of sp³-hybridized carbons (Fsp3) is 0.800. The summed E-state index contributed by atoms with van der Waals surface area (Å²) in [6.07, 6.45) is 0.253. The molecule has 0 heterocycles. The van der Waals surface area contributed by atoms with E-state index in [1.807, 2.05) is 17.0 Å². The number of rotatable bonds is 8. The molecule has 0 rings (SSSR count). The van der Waals surface area contributed by atoms with Crippen molar-refractivity contribution >= 4 is 0 Å². The summed E-state index contributed by atoms with van der Waals surface area (Å²) in [5, 5.41) is 26.4. The maximum absolute atomic E-state index is 9.49. The van der Waals surface area contributed by atoms with E-state index < -0.39 is 6.10 Å². The molecule has 0 spiro atoms. The molecule has 0 fully saturated rings. The van der Waals surface area contributed by atoms with Gasteiger partial charge in [0.15, 0.2) is 0 Å². The first-order valence-corrected chi connectivity index (χ1v) is 4.87. The van der Waals surface area contributed by atoms with Gasteiger partial charge in [-0.15, -0.1) is 0 Å². The molecule has 1 atom stereocenters. The summed E-state index contributed by atoms with van der Waals surface area (Å²) in [5.74, 6) is 0. The van der Waals surface area contributed by atoms with Crippen molar-refractivity contribution < 1.29 is 9.84 Å². The van der Waals surface area contributed by atoms with Gasteiger partial charge in [-0.2, -0.15) is 10.5 Å². The summed E-state index contributed by atoms with van der Waals surface area (Å²) in [7, 11) is 1.53. The van der Waals surface area contributed by atoms with Crippen LogP contribution in [0.1, 0.15) is 12.8 Å². The predicted octanol–water partition coefficient (Wildman–Crippen LogP) is 0.123. The Morgan fingerprint density at radius 3 is 2.20 bits per heavy atom. The minimum atomic E-state index is -0.563. The molecule has 0 amide bonds. The first-order chi connectivity index (χ1) is 7.24. The zero-order valence-electron chi connectivity index (χ0n) is 9.02. The second kappa shape index (κ2) is 9.42. The number of hydrogen-bond acceptors (Lipinski definition) is 5. The van der Waals surface area contributed by atoms with Gasteiger partial charge in [0.2, 0.25) is 0 Å². The molecule has 0 unspecified atom stereocenters. The van der Waals surface area contributed by atoms with Gasteiger partial charge in [0.1, 0.15) is 0 Å². The smallest absolute Gasteiger partial charge is 0.0900 e. The lowest BCUT2D eigenvalue weighted by atomic mass is 10.3. The van der Waals surface area contributed by atoms with Gasteiger partial charge in [-0.3, -0.25) is 4.90 Å². The second-order valence-electron chi connectivity index (χ2n) is 3.23. The molecule has 0 bridgehead atoms. The van der Waals surface area contributed by atoms with E-state index >= 15 is 0 Å². The van der Waals surface area contributed by atoms with Crippen LogP contribution in [-0.4, -0.2) is 49.5 Å². The average Bonchev–Trinajstić information content (AvgIpc) is 2.22. The number of nitriles is 2. The van der Waals surface area contributed by atoms with Crippen LogP contribution in [0.4, 0.5) is 0 Å². The van der Waals surface area contributed by atoms with Crippen LogP contribution in [0, 0.1) is 22.7 Å². The fourth-order valence-corrected chi connectivity index (χ4v) is 1.25. The van der Waals surface area contributed by atoms with Crippen molar-refractivity contribution in [2.75, 3.05) is 33.4 Å². The molecule has 0 radical (unpaired) electrons. The third-order valence-corrected chi connectivity index (χ3v) is 1.91. The van der Waals surface area contributed by atoms with Gasteiger partial charge in [0, 0.05) is 39.6 Å². The van der Waals surface area contributed by atoms with Crippen LogP contribution in [0.5, 0.6) is 0 Å². The third-order valence-electron chi connectivity index (χ3n) is 1.91. The molecular formula is C10H17N3O2. The molecule has 5 nitrogen and oxygen atoms in total. The molecule has 0 aliphatic carbocycles. The van der Waals surface area contributed by atoms with Gasteiger partial charge >= 0.3 is 0 Å². The Kier molecular flexibility index (Phi) is 8.70. The lowest BCUT2D eigenvalue weighted by molar-refractivity contribution is 0.0386. The largest absolute Gasteiger partial charge is 0.389 e. The zero-order valence-corrected chi connectivity index (χ0v) is 9.02. The van der Waals surface area contributed by atoms with Crippen molar-refractivity contribution in [2.24, 2.45) is 0 Å². The minimum Gasteiger partial charge on any atom is -0.389 e. The summed E-state index contributed by atoms with van der Waals surface area (Å²) < 4.78 is 4.81. The monoisotopic (exact) mass is 211 g/mol. The van der Waals surface area contributed by atoms with Crippen molar-refractivity contribution in [1.82, 2.24) is 4.90 Å². The van der Waals surface area contributed by atoms with Gasteiger partial charge < -0.3 is 9.84 Å². The number of methoxy groups -OCH3 is 1. The van der Waals surface area contributed by atoms with Crippen LogP contribution in [-0.2, 0) is 4.74 Å². The maximum atomic E-state index is 9.49. The number of hydrogen-bond donors (Lipinski definition) is 1. The highest BCUT2D eigenvalue weighted by Crippen LogP contribution is 1.97. The van der Waals surface area contributed by atoms with Crippen molar-refractivity contribution in [1.29, 1.82) is 10.5 Å². The number of nitrogens with zero attached hydrogens (tertiary/aromatic N) is 3. The van der Waals surface area contributed by atoms with Gasteiger partial charge in [-0.1, -0.05) is 0 Å². The van der Waals surface area contributed by atoms with E-state index in [1.165, 1.54) is 7.11 Å². The highest BCUT2D eigenvalue weighted by atomic mass is 16.5. The van der Waals surface area contributed by atoms with Crippen molar-refractivity contribution in [3.05, 3.63) is 0 Å². The van der Waals surface area contributed by atoms with E-state index in [0.29, 0.717) is 32.5 Å². The summed E-state index contributed by atoms with van der Waals surface area (Å²) >= 11 is 0. The Bertz CT molecular complexity index is 214. The molecule has 0 aliphatic rings. The van der Waals surface area contributed by atoms with Crippen molar-refractivity contribution in [2.45, 2.75) is 18.9 Å². The Labute approximate surface area is 90.5 Å². The first kappa shape index (κ1) is 13.9. The predicted molar refractivity (Wildman–Crippen MR) is 54.8 cm³/mol. The lowest BCUT2D eigenvalue weighted by Gasteiger charge is -2.22. The molecule has 84 valence electrons. The van der Waals surface area contributed by atoms with Crippen LogP contribution in [0.2, 0.25) is 0 Å². The van der Waals surface area contributed by atoms with Crippen LogP contribution in [0.3, 0.4) is 0 Å². The number of aliphatic hydroxyl groups is 1. The molecule has 5 heteroatoms. The van der Waals surface area contributed by atoms with E-state index in [2.05, 4.69) is 0 Å². The fourth-order valence-electron chi connectivity index (χ4n) is 1.25. The topological polar surface area (TPSA) is 80.3 Å².